The Hall–Kier alpha value is -0.380. The van der Waals surface area contributed by atoms with Crippen molar-refractivity contribution >= 4 is 11.3 Å². The number of aryl methyl sites for hydroxylation is 1. The van der Waals surface area contributed by atoms with Crippen molar-refractivity contribution in [1.82, 2.24) is 5.32 Å². The third-order valence-corrected chi connectivity index (χ3v) is 4.86. The number of rotatable bonds is 4. The molecule has 3 N–H and O–H groups in total. The zero-order valence-corrected chi connectivity index (χ0v) is 11.9. The van der Waals surface area contributed by atoms with Gasteiger partial charge in [-0.15, -0.1) is 11.3 Å². The molecule has 0 amide bonds. The number of hydrogen-bond donors (Lipinski definition) is 2. The first kappa shape index (κ1) is 13.1. The highest BCUT2D eigenvalue weighted by Gasteiger charge is 2.32. The van der Waals surface area contributed by atoms with E-state index in [0.717, 1.165) is 0 Å². The lowest BCUT2D eigenvalue weighted by atomic mass is 9.92. The second-order valence-corrected chi connectivity index (χ2v) is 7.33. The van der Waals surface area contributed by atoms with E-state index >= 15 is 0 Å². The van der Waals surface area contributed by atoms with Crippen LogP contribution in [0.25, 0.3) is 0 Å². The molecular weight excluding hydrogens is 228 g/mol. The molecule has 2 unspecified atom stereocenters. The molecule has 1 aliphatic rings. The molecule has 3 heteroatoms. The number of nitrogens with one attached hydrogen (secondary N) is 1. The first-order chi connectivity index (χ1) is 8.00. The van der Waals surface area contributed by atoms with Gasteiger partial charge >= 0.3 is 0 Å². The molecule has 17 heavy (non-hydrogen) atoms. The monoisotopic (exact) mass is 252 g/mol. The van der Waals surface area contributed by atoms with Gasteiger partial charge in [-0.3, -0.25) is 0 Å². The molecule has 1 aliphatic carbocycles. The van der Waals surface area contributed by atoms with Crippen LogP contribution in [0.4, 0.5) is 0 Å². The summed E-state index contributed by atoms with van der Waals surface area (Å²) in [6.45, 7) is 7.57. The van der Waals surface area contributed by atoms with Gasteiger partial charge in [0.25, 0.3) is 0 Å². The van der Waals surface area contributed by atoms with E-state index in [1.54, 1.807) is 0 Å². The maximum atomic E-state index is 5.90. The second-order valence-electron chi connectivity index (χ2n) is 6.01. The van der Waals surface area contributed by atoms with Gasteiger partial charge in [0.2, 0.25) is 0 Å². The summed E-state index contributed by atoms with van der Waals surface area (Å²) in [5, 5.41) is 3.74. The molecular formula is C14H24N2S. The van der Waals surface area contributed by atoms with E-state index < -0.39 is 0 Å². The molecule has 2 atom stereocenters. The summed E-state index contributed by atoms with van der Waals surface area (Å²) in [6, 6.07) is 5.38. The zero-order chi connectivity index (χ0) is 12.5. The topological polar surface area (TPSA) is 38.0 Å². The molecule has 1 fully saturated rings. The maximum Gasteiger partial charge on any atom is 0.0541 e. The van der Waals surface area contributed by atoms with Crippen LogP contribution in [0.2, 0.25) is 0 Å². The first-order valence-electron chi connectivity index (χ1n) is 6.53. The molecule has 2 rings (SSSR count). The lowest BCUT2D eigenvalue weighted by Gasteiger charge is -2.22. The first-order valence-corrected chi connectivity index (χ1v) is 7.34. The summed E-state index contributed by atoms with van der Waals surface area (Å²) >= 11 is 1.86. The fourth-order valence-electron chi connectivity index (χ4n) is 2.77. The Labute approximate surface area is 109 Å². The predicted octanol–water partition coefficient (Wildman–Crippen LogP) is 3.22. The third-order valence-electron chi connectivity index (χ3n) is 3.75. The highest BCUT2D eigenvalue weighted by atomic mass is 32.1. The van der Waals surface area contributed by atoms with Crippen molar-refractivity contribution in [2.45, 2.75) is 52.1 Å². The van der Waals surface area contributed by atoms with E-state index in [2.05, 4.69) is 38.2 Å². The summed E-state index contributed by atoms with van der Waals surface area (Å²) < 4.78 is 0. The summed E-state index contributed by atoms with van der Waals surface area (Å²) in [6.07, 6.45) is 3.88. The molecule has 0 bridgehead atoms. The van der Waals surface area contributed by atoms with Gasteiger partial charge in [-0.2, -0.15) is 0 Å². The van der Waals surface area contributed by atoms with Gasteiger partial charge < -0.3 is 11.1 Å². The molecule has 0 aliphatic heterocycles. The number of thiophene rings is 1. The summed E-state index contributed by atoms with van der Waals surface area (Å²) in [4.78, 5) is 2.75. The molecule has 96 valence electrons. The van der Waals surface area contributed by atoms with E-state index in [-0.39, 0.29) is 0 Å². The molecule has 1 aromatic heterocycles. The van der Waals surface area contributed by atoms with E-state index in [4.69, 9.17) is 5.73 Å². The summed E-state index contributed by atoms with van der Waals surface area (Å²) in [5.41, 5.74) is 6.41. The van der Waals surface area contributed by atoms with Gasteiger partial charge in [0, 0.05) is 22.3 Å². The zero-order valence-electron chi connectivity index (χ0n) is 11.1. The Morgan fingerprint density at radius 1 is 1.53 bits per heavy atom. The van der Waals surface area contributed by atoms with Gasteiger partial charge in [-0.25, -0.2) is 0 Å². The minimum Gasteiger partial charge on any atom is -0.329 e. The van der Waals surface area contributed by atoms with E-state index in [0.29, 0.717) is 24.0 Å². The Balaban J connectivity index is 1.97. The van der Waals surface area contributed by atoms with E-state index in [1.807, 2.05) is 11.3 Å². The van der Waals surface area contributed by atoms with Crippen LogP contribution >= 0.6 is 11.3 Å². The van der Waals surface area contributed by atoms with Crippen LogP contribution in [0.1, 0.15) is 48.9 Å². The predicted molar refractivity (Wildman–Crippen MR) is 75.4 cm³/mol. The van der Waals surface area contributed by atoms with Crippen molar-refractivity contribution in [1.29, 1.82) is 0 Å². The van der Waals surface area contributed by atoms with Crippen LogP contribution in [0.15, 0.2) is 12.1 Å². The Kier molecular flexibility index (Phi) is 3.91. The van der Waals surface area contributed by atoms with Crippen LogP contribution in [0, 0.1) is 12.3 Å². The van der Waals surface area contributed by atoms with Gasteiger partial charge in [0.05, 0.1) is 6.04 Å². The molecule has 1 aromatic rings. The van der Waals surface area contributed by atoms with Crippen molar-refractivity contribution in [3.8, 4) is 0 Å². The Morgan fingerprint density at radius 3 is 2.76 bits per heavy atom. The van der Waals surface area contributed by atoms with E-state index in [9.17, 15) is 0 Å². The van der Waals surface area contributed by atoms with Gasteiger partial charge in [0.1, 0.15) is 0 Å². The molecule has 0 spiro atoms. The van der Waals surface area contributed by atoms with Crippen molar-refractivity contribution in [2.75, 3.05) is 6.54 Å². The van der Waals surface area contributed by atoms with Crippen molar-refractivity contribution in [3.05, 3.63) is 21.9 Å². The van der Waals surface area contributed by atoms with Crippen LogP contribution in [0.3, 0.4) is 0 Å². The molecule has 0 aromatic carbocycles. The number of nitrogens with two attached hydrogens (primary N) is 1. The standard InChI is InChI=1S/C14H24N2S/c1-10-4-5-13(17-10)12(9-15)16-11-6-7-14(2,3)8-11/h4-5,11-12,16H,6-9,15H2,1-3H3. The SMILES string of the molecule is Cc1ccc(C(CN)NC2CCC(C)(C)C2)s1. The fraction of sp³-hybridized carbons (Fsp3) is 0.714. The van der Waals surface area contributed by atoms with Crippen LogP contribution in [0.5, 0.6) is 0 Å². The molecule has 1 heterocycles. The molecule has 2 nitrogen and oxygen atoms in total. The number of hydrogen-bond acceptors (Lipinski definition) is 3. The minimum absolute atomic E-state index is 0.340. The third kappa shape index (κ3) is 3.30. The van der Waals surface area contributed by atoms with Gasteiger partial charge in [-0.1, -0.05) is 13.8 Å². The second kappa shape index (κ2) is 5.09. The van der Waals surface area contributed by atoms with E-state index in [1.165, 1.54) is 29.0 Å². The fourth-order valence-corrected chi connectivity index (χ4v) is 3.72. The van der Waals surface area contributed by atoms with Crippen LogP contribution < -0.4 is 11.1 Å². The Bertz CT molecular complexity index is 370. The normalized spacial score (nSPS) is 25.1. The highest BCUT2D eigenvalue weighted by Crippen LogP contribution is 2.38. The maximum absolute atomic E-state index is 5.90. The van der Waals surface area contributed by atoms with Crippen molar-refractivity contribution in [2.24, 2.45) is 11.1 Å². The molecule has 1 saturated carbocycles. The van der Waals surface area contributed by atoms with Crippen molar-refractivity contribution < 1.29 is 0 Å². The van der Waals surface area contributed by atoms with Gasteiger partial charge in [-0.05, 0) is 43.7 Å². The summed E-state index contributed by atoms with van der Waals surface area (Å²) in [7, 11) is 0. The Morgan fingerprint density at radius 2 is 2.29 bits per heavy atom. The highest BCUT2D eigenvalue weighted by molar-refractivity contribution is 7.12. The average molecular weight is 252 g/mol. The van der Waals surface area contributed by atoms with Crippen molar-refractivity contribution in [3.63, 3.8) is 0 Å². The summed E-state index contributed by atoms with van der Waals surface area (Å²) in [5.74, 6) is 0. The largest absolute Gasteiger partial charge is 0.329 e. The average Bonchev–Trinajstić information content (AvgIpc) is 2.81. The lowest BCUT2D eigenvalue weighted by molar-refractivity contribution is 0.354. The smallest absolute Gasteiger partial charge is 0.0541 e. The quantitative estimate of drug-likeness (QED) is 0.863. The van der Waals surface area contributed by atoms with Gasteiger partial charge in [0.15, 0.2) is 0 Å². The molecule has 0 saturated heterocycles. The van der Waals surface area contributed by atoms with Crippen LogP contribution in [-0.4, -0.2) is 12.6 Å². The van der Waals surface area contributed by atoms with Crippen LogP contribution in [-0.2, 0) is 0 Å². The minimum atomic E-state index is 0.340. The molecule has 0 radical (unpaired) electrons. The lowest BCUT2D eigenvalue weighted by Crippen LogP contribution is -2.35.